The monoisotopic (exact) mass is 327 g/mol. The summed E-state index contributed by atoms with van der Waals surface area (Å²) in [5, 5.41) is 0. The first kappa shape index (κ1) is 12.4. The number of hydrogen-bond acceptors (Lipinski definition) is 6. The zero-order chi connectivity index (χ0) is 11.4. The van der Waals surface area contributed by atoms with Crippen molar-refractivity contribution in [2.75, 3.05) is 13.7 Å². The van der Waals surface area contributed by atoms with Gasteiger partial charge in [0.1, 0.15) is 6.04 Å². The van der Waals surface area contributed by atoms with Crippen LogP contribution in [0.1, 0.15) is 12.8 Å². The smallest absolute Gasteiger partial charge is 0.425 e. The van der Waals surface area contributed by atoms with Crippen LogP contribution in [0.15, 0.2) is 0 Å². The minimum absolute atomic E-state index is 0.445. The van der Waals surface area contributed by atoms with Crippen molar-refractivity contribution >= 4 is 40.8 Å². The van der Waals surface area contributed by atoms with Crippen LogP contribution in [0.25, 0.3) is 0 Å². The van der Waals surface area contributed by atoms with Gasteiger partial charge in [0.25, 0.3) is 0 Å². The molecular formula is C8H10INO5. The molecule has 1 heterocycles. The van der Waals surface area contributed by atoms with Crippen molar-refractivity contribution in [2.45, 2.75) is 18.9 Å². The number of ether oxygens (including phenoxy) is 2. The molecule has 84 valence electrons. The second kappa shape index (κ2) is 5.40. The molecule has 7 heteroatoms. The molecule has 0 N–H and O–H groups in total. The first-order valence-electron chi connectivity index (χ1n) is 4.32. The highest BCUT2D eigenvalue weighted by atomic mass is 127. The van der Waals surface area contributed by atoms with Gasteiger partial charge in [0.2, 0.25) is 0 Å². The van der Waals surface area contributed by atoms with Gasteiger partial charge in [-0.2, -0.15) is 0 Å². The Balaban J connectivity index is 2.48. The second-order valence-corrected chi connectivity index (χ2v) is 4.22. The molecule has 0 amide bonds. The number of methoxy groups -OCH3 is 1. The van der Waals surface area contributed by atoms with Crippen LogP contribution in [0.3, 0.4) is 0 Å². The average Bonchev–Trinajstić information content (AvgIpc) is 2.63. The average molecular weight is 327 g/mol. The molecule has 1 saturated heterocycles. The molecular weight excluding hydrogens is 317 g/mol. The first-order valence-corrected chi connectivity index (χ1v) is 5.29. The number of rotatable bonds is 1. The van der Waals surface area contributed by atoms with Crippen molar-refractivity contribution < 1.29 is 23.9 Å². The van der Waals surface area contributed by atoms with E-state index in [2.05, 4.69) is 9.47 Å². The summed E-state index contributed by atoms with van der Waals surface area (Å²) in [5.74, 6) is -3.13. The van der Waals surface area contributed by atoms with Crippen molar-refractivity contribution in [3.63, 3.8) is 0 Å². The summed E-state index contributed by atoms with van der Waals surface area (Å²) in [6, 6.07) is -0.445. The summed E-state index contributed by atoms with van der Waals surface area (Å²) < 4.78 is 10.2. The molecule has 1 unspecified atom stereocenters. The fourth-order valence-corrected chi connectivity index (χ4v) is 2.10. The summed E-state index contributed by atoms with van der Waals surface area (Å²) in [4.78, 5) is 33.0. The highest BCUT2D eigenvalue weighted by molar-refractivity contribution is 14.1. The largest absolute Gasteiger partial charge is 0.461 e. The Hall–Kier alpha value is -0.700. The van der Waals surface area contributed by atoms with E-state index in [1.54, 1.807) is 3.11 Å². The highest BCUT2D eigenvalue weighted by Crippen LogP contribution is 2.22. The molecule has 0 saturated carbocycles. The fraction of sp³-hybridized carbons (Fsp3) is 0.625. The number of esters is 3. The first-order chi connectivity index (χ1) is 7.06. The van der Waals surface area contributed by atoms with Crippen molar-refractivity contribution in [3.05, 3.63) is 0 Å². The number of carbonyl (C=O) groups excluding carboxylic acids is 3. The zero-order valence-electron chi connectivity index (χ0n) is 8.07. The molecule has 1 atom stereocenters. The third-order valence-corrected chi connectivity index (χ3v) is 3.16. The lowest BCUT2D eigenvalue weighted by atomic mass is 10.2. The standard InChI is InChI=1S/C8H10INO5/c1-14-7(12)8(13)15-6(11)5-3-2-4-10(5)9/h5H,2-4H2,1H3. The van der Waals surface area contributed by atoms with Gasteiger partial charge in [0.15, 0.2) is 0 Å². The van der Waals surface area contributed by atoms with Crippen LogP contribution in [0.4, 0.5) is 0 Å². The Bertz CT molecular complexity index is 293. The Morgan fingerprint density at radius 2 is 2.00 bits per heavy atom. The molecule has 0 bridgehead atoms. The van der Waals surface area contributed by atoms with Crippen LogP contribution in [0, 0.1) is 0 Å². The van der Waals surface area contributed by atoms with Gasteiger partial charge in [-0.1, -0.05) is 0 Å². The lowest BCUT2D eigenvalue weighted by Gasteiger charge is -2.14. The van der Waals surface area contributed by atoms with Crippen LogP contribution in [-0.2, 0) is 23.9 Å². The maximum Gasteiger partial charge on any atom is 0.425 e. The summed E-state index contributed by atoms with van der Waals surface area (Å²) >= 11 is 1.99. The van der Waals surface area contributed by atoms with Gasteiger partial charge >= 0.3 is 17.9 Å². The predicted octanol–water partition coefficient (Wildman–Crippen LogP) is 0.0436. The van der Waals surface area contributed by atoms with E-state index < -0.39 is 23.9 Å². The van der Waals surface area contributed by atoms with E-state index in [9.17, 15) is 14.4 Å². The van der Waals surface area contributed by atoms with Gasteiger partial charge < -0.3 is 9.47 Å². The molecule has 1 aliphatic rings. The van der Waals surface area contributed by atoms with Crippen LogP contribution in [0.2, 0.25) is 0 Å². The number of carbonyl (C=O) groups is 3. The van der Waals surface area contributed by atoms with Gasteiger partial charge in [-0.05, 0) is 12.8 Å². The Kier molecular flexibility index (Phi) is 4.45. The molecule has 0 spiro atoms. The summed E-state index contributed by atoms with van der Waals surface area (Å²) in [6.07, 6.45) is 1.51. The third kappa shape index (κ3) is 3.13. The highest BCUT2D eigenvalue weighted by Gasteiger charge is 2.33. The molecule has 1 rings (SSSR count). The Labute approximate surface area is 100 Å². The maximum atomic E-state index is 11.4. The number of nitrogens with zero attached hydrogens (tertiary/aromatic N) is 1. The SMILES string of the molecule is COC(=O)C(=O)OC(=O)C1CCCN1I. The van der Waals surface area contributed by atoms with E-state index in [1.807, 2.05) is 22.9 Å². The normalized spacial score (nSPS) is 21.1. The summed E-state index contributed by atoms with van der Waals surface area (Å²) in [6.45, 7) is 0.771. The molecule has 0 aromatic rings. The van der Waals surface area contributed by atoms with Gasteiger partial charge in [-0.15, -0.1) is 0 Å². The lowest BCUT2D eigenvalue weighted by molar-refractivity contribution is -0.173. The zero-order valence-corrected chi connectivity index (χ0v) is 10.2. The van der Waals surface area contributed by atoms with E-state index in [0.29, 0.717) is 6.42 Å². The number of halogens is 1. The van der Waals surface area contributed by atoms with E-state index in [1.165, 1.54) is 0 Å². The van der Waals surface area contributed by atoms with Gasteiger partial charge in [-0.25, -0.2) is 17.5 Å². The molecule has 15 heavy (non-hydrogen) atoms. The van der Waals surface area contributed by atoms with Crippen molar-refractivity contribution in [2.24, 2.45) is 0 Å². The van der Waals surface area contributed by atoms with Gasteiger partial charge in [0.05, 0.1) is 7.11 Å². The second-order valence-electron chi connectivity index (χ2n) is 2.98. The maximum absolute atomic E-state index is 11.4. The van der Waals surface area contributed by atoms with Gasteiger partial charge in [0, 0.05) is 29.4 Å². The van der Waals surface area contributed by atoms with Crippen LogP contribution in [-0.4, -0.2) is 40.7 Å². The summed E-state index contributed by atoms with van der Waals surface area (Å²) in [7, 11) is 1.05. The molecule has 0 aliphatic carbocycles. The van der Waals surface area contributed by atoms with E-state index in [4.69, 9.17) is 0 Å². The quantitative estimate of drug-likeness (QED) is 0.223. The van der Waals surface area contributed by atoms with Gasteiger partial charge in [-0.3, -0.25) is 0 Å². The molecule has 6 nitrogen and oxygen atoms in total. The van der Waals surface area contributed by atoms with Crippen LogP contribution in [0.5, 0.6) is 0 Å². The third-order valence-electron chi connectivity index (χ3n) is 2.00. The van der Waals surface area contributed by atoms with E-state index >= 15 is 0 Å². The summed E-state index contributed by atoms with van der Waals surface area (Å²) in [5.41, 5.74) is 0. The molecule has 1 fully saturated rings. The van der Waals surface area contributed by atoms with Crippen molar-refractivity contribution in [1.29, 1.82) is 0 Å². The Morgan fingerprint density at radius 3 is 2.47 bits per heavy atom. The number of hydrogen-bond donors (Lipinski definition) is 0. The lowest BCUT2D eigenvalue weighted by Crippen LogP contribution is -2.34. The predicted molar refractivity (Wildman–Crippen MR) is 56.9 cm³/mol. The topological polar surface area (TPSA) is 72.9 Å². The molecule has 1 aliphatic heterocycles. The molecule has 0 radical (unpaired) electrons. The van der Waals surface area contributed by atoms with Crippen LogP contribution < -0.4 is 0 Å². The molecule has 0 aromatic heterocycles. The minimum Gasteiger partial charge on any atom is -0.461 e. The van der Waals surface area contributed by atoms with Crippen LogP contribution >= 0.6 is 22.9 Å². The van der Waals surface area contributed by atoms with Crippen molar-refractivity contribution in [3.8, 4) is 0 Å². The minimum atomic E-state index is -1.26. The molecule has 0 aromatic carbocycles. The van der Waals surface area contributed by atoms with E-state index in [-0.39, 0.29) is 0 Å². The fourth-order valence-electron chi connectivity index (χ4n) is 1.25. The van der Waals surface area contributed by atoms with E-state index in [0.717, 1.165) is 20.1 Å². The Morgan fingerprint density at radius 1 is 1.33 bits per heavy atom. The van der Waals surface area contributed by atoms with Crippen molar-refractivity contribution in [1.82, 2.24) is 3.11 Å².